The van der Waals surface area contributed by atoms with E-state index in [4.69, 9.17) is 9.47 Å². The molecular formula is C9H8N2O4. The fourth-order valence-corrected chi connectivity index (χ4v) is 1.73. The molecule has 2 aliphatic heterocycles. The first-order valence-corrected chi connectivity index (χ1v) is 4.49. The summed E-state index contributed by atoms with van der Waals surface area (Å²) in [5.74, 6) is 0.531. The van der Waals surface area contributed by atoms with Crippen molar-refractivity contribution in [3.8, 4) is 0 Å². The van der Waals surface area contributed by atoms with E-state index in [-0.39, 0.29) is 12.2 Å². The number of aromatic nitrogens is 2. The highest BCUT2D eigenvalue weighted by atomic mass is 16.7. The molecule has 0 amide bonds. The SMILES string of the molecule is C=C1O[C@@H](n2ccc(=O)[nH]c2=O)[C@H]2O[C@@H]12. The van der Waals surface area contributed by atoms with Crippen molar-refractivity contribution in [2.24, 2.45) is 0 Å². The third-order valence-corrected chi connectivity index (χ3v) is 2.52. The van der Waals surface area contributed by atoms with E-state index in [1.54, 1.807) is 0 Å². The monoisotopic (exact) mass is 208 g/mol. The molecule has 3 atom stereocenters. The number of nitrogens with zero attached hydrogens (tertiary/aromatic N) is 1. The predicted octanol–water partition coefficient (Wildman–Crippen LogP) is -0.654. The van der Waals surface area contributed by atoms with Crippen molar-refractivity contribution in [2.75, 3.05) is 0 Å². The lowest BCUT2D eigenvalue weighted by Gasteiger charge is -2.14. The maximum absolute atomic E-state index is 11.4. The molecule has 6 heteroatoms. The zero-order valence-electron chi connectivity index (χ0n) is 7.67. The Hall–Kier alpha value is -1.82. The highest BCUT2D eigenvalue weighted by Crippen LogP contribution is 2.45. The Kier molecular flexibility index (Phi) is 1.47. The quantitative estimate of drug-likeness (QED) is 0.622. The average molecular weight is 208 g/mol. The summed E-state index contributed by atoms with van der Waals surface area (Å²) >= 11 is 0. The lowest BCUT2D eigenvalue weighted by molar-refractivity contribution is 0.0240. The molecule has 0 bridgehead atoms. The number of rotatable bonds is 1. The Bertz CT molecular complexity index is 544. The molecule has 6 nitrogen and oxygen atoms in total. The van der Waals surface area contributed by atoms with Crippen molar-refractivity contribution >= 4 is 0 Å². The third kappa shape index (κ3) is 1.15. The molecule has 1 aromatic rings. The van der Waals surface area contributed by atoms with Gasteiger partial charge < -0.3 is 9.47 Å². The van der Waals surface area contributed by atoms with E-state index in [9.17, 15) is 9.59 Å². The zero-order chi connectivity index (χ0) is 10.6. The van der Waals surface area contributed by atoms with Gasteiger partial charge in [-0.2, -0.15) is 0 Å². The molecule has 0 radical (unpaired) electrons. The Balaban J connectivity index is 2.04. The van der Waals surface area contributed by atoms with Crippen molar-refractivity contribution in [3.05, 3.63) is 45.4 Å². The predicted molar refractivity (Wildman–Crippen MR) is 49.2 cm³/mol. The number of aromatic amines is 1. The minimum absolute atomic E-state index is 0.103. The van der Waals surface area contributed by atoms with E-state index < -0.39 is 17.5 Å². The summed E-state index contributed by atoms with van der Waals surface area (Å²) in [6.45, 7) is 3.67. The number of epoxide rings is 1. The van der Waals surface area contributed by atoms with Crippen molar-refractivity contribution in [1.82, 2.24) is 9.55 Å². The topological polar surface area (TPSA) is 76.6 Å². The fourth-order valence-electron chi connectivity index (χ4n) is 1.73. The number of hydrogen-bond acceptors (Lipinski definition) is 4. The normalized spacial score (nSPS) is 32.3. The highest BCUT2D eigenvalue weighted by Gasteiger charge is 2.56. The summed E-state index contributed by atoms with van der Waals surface area (Å²) in [5, 5.41) is 0. The third-order valence-electron chi connectivity index (χ3n) is 2.52. The average Bonchev–Trinajstić information content (AvgIpc) is 2.89. The van der Waals surface area contributed by atoms with Crippen molar-refractivity contribution in [2.45, 2.75) is 18.4 Å². The van der Waals surface area contributed by atoms with E-state index in [1.165, 1.54) is 16.8 Å². The molecule has 0 spiro atoms. The minimum Gasteiger partial charge on any atom is -0.469 e. The van der Waals surface area contributed by atoms with E-state index in [0.29, 0.717) is 5.76 Å². The van der Waals surface area contributed by atoms with Crippen molar-refractivity contribution in [3.63, 3.8) is 0 Å². The lowest BCUT2D eigenvalue weighted by Crippen LogP contribution is -2.33. The smallest absolute Gasteiger partial charge is 0.331 e. The first-order valence-electron chi connectivity index (χ1n) is 4.49. The Morgan fingerprint density at radius 1 is 1.47 bits per heavy atom. The first-order chi connectivity index (χ1) is 7.16. The Labute approximate surface area is 83.8 Å². The van der Waals surface area contributed by atoms with Gasteiger partial charge in [0, 0.05) is 12.3 Å². The number of H-pyrrole nitrogens is 1. The van der Waals surface area contributed by atoms with Crippen LogP contribution in [0, 0.1) is 0 Å². The fraction of sp³-hybridized carbons (Fsp3) is 0.333. The Morgan fingerprint density at radius 2 is 2.27 bits per heavy atom. The lowest BCUT2D eigenvalue weighted by atomic mass is 10.3. The summed E-state index contributed by atoms with van der Waals surface area (Å²) < 4.78 is 11.9. The molecule has 0 aromatic carbocycles. The van der Waals surface area contributed by atoms with Crippen LogP contribution in [0.3, 0.4) is 0 Å². The highest BCUT2D eigenvalue weighted by molar-refractivity contribution is 5.15. The number of nitrogens with one attached hydrogen (secondary N) is 1. The van der Waals surface area contributed by atoms with Gasteiger partial charge in [-0.05, 0) is 0 Å². The van der Waals surface area contributed by atoms with Gasteiger partial charge in [-0.3, -0.25) is 14.3 Å². The molecule has 3 rings (SSSR count). The van der Waals surface area contributed by atoms with Gasteiger partial charge in [-0.15, -0.1) is 0 Å². The molecule has 2 fully saturated rings. The van der Waals surface area contributed by atoms with Crippen LogP contribution in [-0.2, 0) is 9.47 Å². The molecule has 78 valence electrons. The van der Waals surface area contributed by atoms with Crippen LogP contribution in [0.25, 0.3) is 0 Å². The molecule has 3 heterocycles. The summed E-state index contributed by atoms with van der Waals surface area (Å²) in [6, 6.07) is 1.27. The van der Waals surface area contributed by atoms with Crippen LogP contribution in [0.2, 0.25) is 0 Å². The Morgan fingerprint density at radius 3 is 2.80 bits per heavy atom. The number of fused-ring (bicyclic) bond motifs is 1. The molecular weight excluding hydrogens is 200 g/mol. The van der Waals surface area contributed by atoms with Gasteiger partial charge in [-0.25, -0.2) is 4.79 Å². The van der Waals surface area contributed by atoms with Crippen LogP contribution in [0.5, 0.6) is 0 Å². The maximum atomic E-state index is 11.4. The van der Waals surface area contributed by atoms with Gasteiger partial charge in [0.25, 0.3) is 5.56 Å². The van der Waals surface area contributed by atoms with Crippen LogP contribution in [0.4, 0.5) is 0 Å². The molecule has 15 heavy (non-hydrogen) atoms. The molecule has 2 saturated heterocycles. The van der Waals surface area contributed by atoms with Gasteiger partial charge in [0.15, 0.2) is 0 Å². The van der Waals surface area contributed by atoms with Crippen LogP contribution >= 0.6 is 0 Å². The maximum Gasteiger partial charge on any atom is 0.331 e. The molecule has 0 saturated carbocycles. The second-order valence-corrected chi connectivity index (χ2v) is 3.51. The molecule has 2 aliphatic rings. The number of hydrogen-bond donors (Lipinski definition) is 1. The first kappa shape index (κ1) is 8.49. The zero-order valence-corrected chi connectivity index (χ0v) is 7.67. The van der Waals surface area contributed by atoms with E-state index >= 15 is 0 Å². The van der Waals surface area contributed by atoms with Gasteiger partial charge in [0.1, 0.15) is 18.0 Å². The molecule has 0 aliphatic carbocycles. The van der Waals surface area contributed by atoms with Crippen molar-refractivity contribution in [1.29, 1.82) is 0 Å². The van der Waals surface area contributed by atoms with Gasteiger partial charge in [0.2, 0.25) is 6.23 Å². The second-order valence-electron chi connectivity index (χ2n) is 3.51. The molecule has 1 N–H and O–H groups in total. The second kappa shape index (κ2) is 2.60. The minimum atomic E-state index is -0.508. The largest absolute Gasteiger partial charge is 0.469 e. The summed E-state index contributed by atoms with van der Waals surface area (Å²) in [7, 11) is 0. The van der Waals surface area contributed by atoms with Gasteiger partial charge in [-0.1, -0.05) is 6.58 Å². The standard InChI is InChI=1S/C9H8N2O4/c1-4-6-7(15-6)8(14-4)11-3-2-5(12)10-9(11)13/h2-3,6-8H,1H2,(H,10,12,13)/t6-,7-,8+/m0/s1. The summed E-state index contributed by atoms with van der Waals surface area (Å²) in [4.78, 5) is 24.5. The number of ether oxygens (including phenoxy) is 2. The van der Waals surface area contributed by atoms with E-state index in [1.807, 2.05) is 0 Å². The van der Waals surface area contributed by atoms with E-state index in [2.05, 4.69) is 11.6 Å². The van der Waals surface area contributed by atoms with E-state index in [0.717, 1.165) is 0 Å². The van der Waals surface area contributed by atoms with Crippen LogP contribution < -0.4 is 11.2 Å². The van der Waals surface area contributed by atoms with Crippen molar-refractivity contribution < 1.29 is 9.47 Å². The van der Waals surface area contributed by atoms with Gasteiger partial charge >= 0.3 is 5.69 Å². The molecule has 1 aromatic heterocycles. The van der Waals surface area contributed by atoms with Crippen LogP contribution in [0.15, 0.2) is 34.2 Å². The molecule has 0 unspecified atom stereocenters. The van der Waals surface area contributed by atoms with Crippen LogP contribution in [0.1, 0.15) is 6.23 Å². The summed E-state index contributed by atoms with van der Waals surface area (Å²) in [6.07, 6.45) is 0.630. The van der Waals surface area contributed by atoms with Crippen LogP contribution in [-0.4, -0.2) is 21.8 Å². The van der Waals surface area contributed by atoms with Gasteiger partial charge in [0.05, 0.1) is 0 Å². The summed E-state index contributed by atoms with van der Waals surface area (Å²) in [5.41, 5.74) is -0.933.